The molecule has 1 saturated carbocycles. The molecule has 0 radical (unpaired) electrons. The number of rotatable bonds is 6. The molecule has 1 aliphatic carbocycles. The fraction of sp³-hybridized carbons (Fsp3) is 0.450. The summed E-state index contributed by atoms with van der Waals surface area (Å²) >= 11 is 0. The number of ether oxygens (including phenoxy) is 2. The van der Waals surface area contributed by atoms with Gasteiger partial charge in [0.25, 0.3) is 0 Å². The monoisotopic (exact) mass is 394 g/mol. The first-order chi connectivity index (χ1) is 14.2. The van der Waals surface area contributed by atoms with Gasteiger partial charge in [-0.15, -0.1) is 10.2 Å². The summed E-state index contributed by atoms with van der Waals surface area (Å²) in [6, 6.07) is 6.22. The van der Waals surface area contributed by atoms with E-state index in [1.807, 2.05) is 12.4 Å². The minimum absolute atomic E-state index is 0.181. The third kappa shape index (κ3) is 3.48. The van der Waals surface area contributed by atoms with Crippen LogP contribution in [0.2, 0.25) is 0 Å². The zero-order valence-corrected chi connectivity index (χ0v) is 16.2. The molecule has 3 aromatic rings. The second-order valence-electron chi connectivity index (χ2n) is 7.28. The standard InChI is InChI=1S/C20H22N6O3/c1-2-28-18(27)11-29-17-8-7-16(23-24-17)25-9-3-4-13-10-15-20(22-19(13)25)26(12-21-15)14-5-6-14/h7-8,10,12,14H,2-6,9,11H2,1H3. The predicted octanol–water partition coefficient (Wildman–Crippen LogP) is 2.58. The number of esters is 1. The van der Waals surface area contributed by atoms with Crippen molar-refractivity contribution < 1.29 is 14.3 Å². The Morgan fingerprint density at radius 1 is 1.28 bits per heavy atom. The number of aryl methyl sites for hydroxylation is 1. The number of pyridine rings is 1. The molecule has 3 aromatic heterocycles. The second-order valence-corrected chi connectivity index (χ2v) is 7.28. The number of anilines is 2. The summed E-state index contributed by atoms with van der Waals surface area (Å²) in [6.07, 6.45) is 6.26. The van der Waals surface area contributed by atoms with Gasteiger partial charge in [0.1, 0.15) is 11.3 Å². The van der Waals surface area contributed by atoms with E-state index in [1.54, 1.807) is 13.0 Å². The van der Waals surface area contributed by atoms with Gasteiger partial charge in [-0.2, -0.15) is 0 Å². The smallest absolute Gasteiger partial charge is 0.344 e. The molecule has 0 saturated heterocycles. The lowest BCUT2D eigenvalue weighted by atomic mass is 10.1. The summed E-state index contributed by atoms with van der Waals surface area (Å²) in [7, 11) is 0. The number of aromatic nitrogens is 5. The zero-order chi connectivity index (χ0) is 19.8. The van der Waals surface area contributed by atoms with E-state index < -0.39 is 5.97 Å². The van der Waals surface area contributed by atoms with Gasteiger partial charge in [-0.25, -0.2) is 14.8 Å². The lowest BCUT2D eigenvalue weighted by molar-refractivity contribution is -0.145. The number of fused-ring (bicyclic) bond motifs is 2. The first-order valence-corrected chi connectivity index (χ1v) is 9.99. The summed E-state index contributed by atoms with van der Waals surface area (Å²) in [5, 5.41) is 8.40. The molecule has 0 bridgehead atoms. The number of carbonyl (C=O) groups is 1. The van der Waals surface area contributed by atoms with Crippen molar-refractivity contribution in [3.05, 3.63) is 30.1 Å². The SMILES string of the molecule is CCOC(=O)COc1ccc(N2CCCc3cc4ncn(C5CC5)c4nc32)nn1. The van der Waals surface area contributed by atoms with Gasteiger partial charge < -0.3 is 18.9 Å². The summed E-state index contributed by atoms with van der Waals surface area (Å²) in [6.45, 7) is 2.71. The molecule has 150 valence electrons. The molecule has 9 heteroatoms. The maximum atomic E-state index is 11.4. The largest absolute Gasteiger partial charge is 0.465 e. The Morgan fingerprint density at radius 2 is 2.17 bits per heavy atom. The molecule has 9 nitrogen and oxygen atoms in total. The molecule has 0 atom stereocenters. The van der Waals surface area contributed by atoms with Gasteiger partial charge in [-0.1, -0.05) is 0 Å². The van der Waals surface area contributed by atoms with E-state index in [0.29, 0.717) is 18.5 Å². The lowest BCUT2D eigenvalue weighted by Crippen LogP contribution is -2.27. The van der Waals surface area contributed by atoms with Crippen LogP contribution >= 0.6 is 0 Å². The van der Waals surface area contributed by atoms with Crippen LogP contribution in [0.5, 0.6) is 5.88 Å². The van der Waals surface area contributed by atoms with E-state index in [2.05, 4.69) is 30.7 Å². The molecular weight excluding hydrogens is 372 g/mol. The van der Waals surface area contributed by atoms with Crippen LogP contribution in [-0.4, -0.2) is 50.5 Å². The molecule has 0 amide bonds. The number of hydrogen-bond donors (Lipinski definition) is 0. The topological polar surface area (TPSA) is 95.3 Å². The Labute approximate surface area is 167 Å². The Bertz CT molecular complexity index is 1040. The highest BCUT2D eigenvalue weighted by Crippen LogP contribution is 2.38. The minimum atomic E-state index is -0.427. The van der Waals surface area contributed by atoms with Crippen LogP contribution in [0.1, 0.15) is 37.8 Å². The van der Waals surface area contributed by atoms with Crippen molar-refractivity contribution in [2.75, 3.05) is 24.7 Å². The third-order valence-electron chi connectivity index (χ3n) is 5.17. The van der Waals surface area contributed by atoms with Crippen LogP contribution in [0.4, 0.5) is 11.6 Å². The van der Waals surface area contributed by atoms with Crippen molar-refractivity contribution in [3.63, 3.8) is 0 Å². The van der Waals surface area contributed by atoms with Crippen LogP contribution in [-0.2, 0) is 16.0 Å². The molecule has 29 heavy (non-hydrogen) atoms. The van der Waals surface area contributed by atoms with E-state index in [0.717, 1.165) is 36.4 Å². The van der Waals surface area contributed by atoms with Crippen LogP contribution in [0.3, 0.4) is 0 Å². The van der Waals surface area contributed by atoms with Gasteiger partial charge in [-0.05, 0) is 50.3 Å². The quantitative estimate of drug-likeness (QED) is 0.589. The van der Waals surface area contributed by atoms with E-state index >= 15 is 0 Å². The minimum Gasteiger partial charge on any atom is -0.465 e. The highest BCUT2D eigenvalue weighted by atomic mass is 16.6. The van der Waals surface area contributed by atoms with Gasteiger partial charge in [0.15, 0.2) is 18.1 Å². The van der Waals surface area contributed by atoms with Gasteiger partial charge in [0.2, 0.25) is 5.88 Å². The highest BCUT2D eigenvalue weighted by Gasteiger charge is 2.28. The molecule has 5 rings (SSSR count). The van der Waals surface area contributed by atoms with Gasteiger partial charge in [0.05, 0.1) is 12.9 Å². The molecule has 4 heterocycles. The van der Waals surface area contributed by atoms with Crippen molar-refractivity contribution in [3.8, 4) is 5.88 Å². The van der Waals surface area contributed by atoms with Crippen LogP contribution in [0.15, 0.2) is 24.5 Å². The second kappa shape index (κ2) is 7.31. The van der Waals surface area contributed by atoms with Crippen LogP contribution in [0.25, 0.3) is 11.2 Å². The Kier molecular flexibility index (Phi) is 4.49. The number of nitrogens with zero attached hydrogens (tertiary/aromatic N) is 6. The number of imidazole rings is 1. The maximum Gasteiger partial charge on any atom is 0.344 e. The van der Waals surface area contributed by atoms with Gasteiger partial charge >= 0.3 is 5.97 Å². The molecule has 0 unspecified atom stereocenters. The molecule has 1 aliphatic heterocycles. The molecule has 1 fully saturated rings. The Hall–Kier alpha value is -3.23. The Balaban J connectivity index is 1.40. The van der Waals surface area contributed by atoms with E-state index in [-0.39, 0.29) is 12.5 Å². The van der Waals surface area contributed by atoms with E-state index in [9.17, 15) is 4.79 Å². The highest BCUT2D eigenvalue weighted by molar-refractivity contribution is 5.78. The summed E-state index contributed by atoms with van der Waals surface area (Å²) in [4.78, 5) is 23.0. The maximum absolute atomic E-state index is 11.4. The molecule has 2 aliphatic rings. The van der Waals surface area contributed by atoms with E-state index in [1.165, 1.54) is 18.4 Å². The summed E-state index contributed by atoms with van der Waals surface area (Å²) < 4.78 is 12.4. The Morgan fingerprint density at radius 3 is 2.93 bits per heavy atom. The summed E-state index contributed by atoms with van der Waals surface area (Å²) in [5.41, 5.74) is 3.06. The lowest BCUT2D eigenvalue weighted by Gasteiger charge is -2.28. The first-order valence-electron chi connectivity index (χ1n) is 9.99. The predicted molar refractivity (Wildman–Crippen MR) is 105 cm³/mol. The molecule has 0 aromatic carbocycles. The van der Waals surface area contributed by atoms with E-state index in [4.69, 9.17) is 14.5 Å². The van der Waals surface area contributed by atoms with Gasteiger partial charge in [0, 0.05) is 18.7 Å². The average Bonchev–Trinajstić information content (AvgIpc) is 3.51. The summed E-state index contributed by atoms with van der Waals surface area (Å²) in [5.74, 6) is 1.48. The molecular formula is C20H22N6O3. The van der Waals surface area contributed by atoms with Crippen LogP contribution in [0, 0.1) is 0 Å². The number of carbonyl (C=O) groups excluding carboxylic acids is 1. The first kappa shape index (κ1) is 17.8. The fourth-order valence-electron chi connectivity index (χ4n) is 3.65. The average molecular weight is 394 g/mol. The van der Waals surface area contributed by atoms with Crippen LogP contribution < -0.4 is 9.64 Å². The fourth-order valence-corrected chi connectivity index (χ4v) is 3.65. The zero-order valence-electron chi connectivity index (χ0n) is 16.2. The van der Waals surface area contributed by atoms with Crippen molar-refractivity contribution in [2.45, 2.75) is 38.6 Å². The normalized spacial score (nSPS) is 16.0. The molecule has 0 N–H and O–H groups in total. The van der Waals surface area contributed by atoms with Crippen molar-refractivity contribution in [1.82, 2.24) is 24.7 Å². The molecule has 0 spiro atoms. The van der Waals surface area contributed by atoms with Crippen molar-refractivity contribution in [2.24, 2.45) is 0 Å². The third-order valence-corrected chi connectivity index (χ3v) is 5.17. The van der Waals surface area contributed by atoms with Crippen molar-refractivity contribution in [1.29, 1.82) is 0 Å². The van der Waals surface area contributed by atoms with Crippen molar-refractivity contribution >= 4 is 28.8 Å². The van der Waals surface area contributed by atoms with Gasteiger partial charge in [-0.3, -0.25) is 0 Å². The number of hydrogen-bond acceptors (Lipinski definition) is 8.